The van der Waals surface area contributed by atoms with Crippen LogP contribution in [0.1, 0.15) is 0 Å². The molecule has 2 heterocycles. The largest absolute Gasteiger partial charge is 0.313 e. The van der Waals surface area contributed by atoms with Gasteiger partial charge in [0.15, 0.2) is 0 Å². The summed E-state index contributed by atoms with van der Waals surface area (Å²) in [7, 11) is -3.22. The molecule has 76 valence electrons. The molecule has 0 aromatic heterocycles. The number of hydrogen-bond acceptors (Lipinski definition) is 3. The quantitative estimate of drug-likeness (QED) is 0.613. The molecule has 0 saturated carbocycles. The number of alkyl halides is 1. The van der Waals surface area contributed by atoms with E-state index < -0.39 is 15.7 Å². The molecule has 0 amide bonds. The number of nitrogens with zero attached hydrogens (tertiary/aromatic N) is 1. The molecule has 0 spiro atoms. The number of halogens is 1. The molecule has 1 N–H and O–H groups in total. The van der Waals surface area contributed by atoms with Crippen molar-refractivity contribution in [1.82, 2.24) is 9.62 Å². The van der Waals surface area contributed by atoms with Gasteiger partial charge in [0.2, 0.25) is 10.0 Å². The molecule has 2 unspecified atom stereocenters. The lowest BCUT2D eigenvalue weighted by atomic mass is 9.97. The van der Waals surface area contributed by atoms with Gasteiger partial charge >= 0.3 is 0 Å². The third kappa shape index (κ3) is 1.47. The first-order valence-corrected chi connectivity index (χ1v) is 6.11. The summed E-state index contributed by atoms with van der Waals surface area (Å²) in [5, 5.41) is 2.94. The second kappa shape index (κ2) is 2.65. The molecule has 2 atom stereocenters. The van der Waals surface area contributed by atoms with Crippen LogP contribution in [0, 0.1) is 5.92 Å². The molecule has 2 saturated heterocycles. The van der Waals surface area contributed by atoms with Crippen molar-refractivity contribution in [3.8, 4) is 0 Å². The molecule has 6 heteroatoms. The van der Waals surface area contributed by atoms with Crippen molar-refractivity contribution >= 4 is 10.0 Å². The van der Waals surface area contributed by atoms with E-state index >= 15 is 0 Å². The van der Waals surface area contributed by atoms with E-state index in [1.54, 1.807) is 0 Å². The molecule has 0 aromatic rings. The Bertz CT molecular complexity index is 318. The van der Waals surface area contributed by atoms with E-state index in [-0.39, 0.29) is 19.0 Å². The SMILES string of the molecule is CS(=O)(=O)N1CC2CNCC2(F)C1. The molecular formula is C7H13FN2O2S. The van der Waals surface area contributed by atoms with Gasteiger partial charge in [-0.3, -0.25) is 0 Å². The summed E-state index contributed by atoms with van der Waals surface area (Å²) in [4.78, 5) is 0. The van der Waals surface area contributed by atoms with E-state index in [2.05, 4.69) is 5.32 Å². The summed E-state index contributed by atoms with van der Waals surface area (Å²) in [6.45, 7) is 1.21. The minimum atomic E-state index is -3.22. The number of fused-ring (bicyclic) bond motifs is 1. The first-order valence-electron chi connectivity index (χ1n) is 4.26. The predicted octanol–water partition coefficient (Wildman–Crippen LogP) is -0.811. The van der Waals surface area contributed by atoms with Crippen LogP contribution in [0.25, 0.3) is 0 Å². The van der Waals surface area contributed by atoms with Crippen LogP contribution in [0.4, 0.5) is 4.39 Å². The van der Waals surface area contributed by atoms with Crippen molar-refractivity contribution in [3.05, 3.63) is 0 Å². The highest BCUT2D eigenvalue weighted by Crippen LogP contribution is 2.35. The third-order valence-corrected chi connectivity index (χ3v) is 4.09. The normalized spacial score (nSPS) is 40.9. The van der Waals surface area contributed by atoms with Crippen molar-refractivity contribution in [2.24, 2.45) is 5.92 Å². The van der Waals surface area contributed by atoms with E-state index in [0.717, 1.165) is 6.26 Å². The average Bonchev–Trinajstić information content (AvgIpc) is 2.39. The van der Waals surface area contributed by atoms with Crippen molar-refractivity contribution < 1.29 is 12.8 Å². The predicted molar refractivity (Wildman–Crippen MR) is 46.6 cm³/mol. The highest BCUT2D eigenvalue weighted by Gasteiger charge is 2.52. The summed E-state index contributed by atoms with van der Waals surface area (Å²) in [5.41, 5.74) is -1.33. The Kier molecular flexibility index (Phi) is 1.91. The standard InChI is InChI=1S/C7H13FN2O2S/c1-13(11,12)10-3-6-2-9-4-7(6,8)5-10/h6,9H,2-5H2,1H3. The molecule has 0 aliphatic carbocycles. The molecule has 0 aromatic carbocycles. The summed E-state index contributed by atoms with van der Waals surface area (Å²) < 4.78 is 37.4. The van der Waals surface area contributed by atoms with E-state index in [1.807, 2.05) is 0 Å². The van der Waals surface area contributed by atoms with Crippen LogP contribution in [-0.2, 0) is 10.0 Å². The summed E-state index contributed by atoms with van der Waals surface area (Å²) in [6.07, 6.45) is 1.13. The number of sulfonamides is 1. The fraction of sp³-hybridized carbons (Fsp3) is 1.00. The summed E-state index contributed by atoms with van der Waals surface area (Å²) >= 11 is 0. The smallest absolute Gasteiger partial charge is 0.211 e. The molecule has 0 radical (unpaired) electrons. The second-order valence-electron chi connectivity index (χ2n) is 3.92. The van der Waals surface area contributed by atoms with Crippen molar-refractivity contribution in [2.75, 3.05) is 32.4 Å². The van der Waals surface area contributed by atoms with Gasteiger partial charge in [0, 0.05) is 32.1 Å². The molecule has 2 fully saturated rings. The van der Waals surface area contributed by atoms with Crippen molar-refractivity contribution in [1.29, 1.82) is 0 Å². The topological polar surface area (TPSA) is 49.4 Å². The number of hydrogen-bond donors (Lipinski definition) is 1. The zero-order valence-electron chi connectivity index (χ0n) is 7.46. The minimum absolute atomic E-state index is 0.0174. The molecule has 13 heavy (non-hydrogen) atoms. The average molecular weight is 208 g/mol. The van der Waals surface area contributed by atoms with E-state index in [4.69, 9.17) is 0 Å². The van der Waals surface area contributed by atoms with Crippen LogP contribution in [0.2, 0.25) is 0 Å². The zero-order valence-corrected chi connectivity index (χ0v) is 8.27. The van der Waals surface area contributed by atoms with Crippen molar-refractivity contribution in [3.63, 3.8) is 0 Å². The second-order valence-corrected chi connectivity index (χ2v) is 5.90. The van der Waals surface area contributed by atoms with Crippen LogP contribution >= 0.6 is 0 Å². The van der Waals surface area contributed by atoms with Gasteiger partial charge in [-0.2, -0.15) is 4.31 Å². The fourth-order valence-electron chi connectivity index (χ4n) is 2.05. The van der Waals surface area contributed by atoms with Crippen LogP contribution in [0.3, 0.4) is 0 Å². The van der Waals surface area contributed by atoms with Crippen LogP contribution in [0.5, 0.6) is 0 Å². The molecule has 2 rings (SSSR count). The molecule has 0 bridgehead atoms. The maximum absolute atomic E-state index is 13.9. The molecule has 2 aliphatic heterocycles. The Labute approximate surface area is 77.2 Å². The van der Waals surface area contributed by atoms with Gasteiger partial charge in [0.25, 0.3) is 0 Å². The van der Waals surface area contributed by atoms with Gasteiger partial charge in [-0.25, -0.2) is 12.8 Å². The molecular weight excluding hydrogens is 195 g/mol. The first-order chi connectivity index (χ1) is 5.92. The monoisotopic (exact) mass is 208 g/mol. The summed E-state index contributed by atoms with van der Waals surface area (Å²) in [5.74, 6) is -0.165. The Morgan fingerprint density at radius 2 is 2.31 bits per heavy atom. The Morgan fingerprint density at radius 1 is 1.62 bits per heavy atom. The van der Waals surface area contributed by atoms with Crippen LogP contribution in [0.15, 0.2) is 0 Å². The van der Waals surface area contributed by atoms with Gasteiger partial charge in [-0.1, -0.05) is 0 Å². The third-order valence-electron chi connectivity index (χ3n) is 2.87. The minimum Gasteiger partial charge on any atom is -0.313 e. The van der Waals surface area contributed by atoms with Crippen LogP contribution < -0.4 is 5.32 Å². The zero-order chi connectivity index (χ0) is 9.69. The maximum atomic E-state index is 13.9. The Hall–Kier alpha value is -0.200. The highest BCUT2D eigenvalue weighted by atomic mass is 32.2. The maximum Gasteiger partial charge on any atom is 0.211 e. The molecule has 4 nitrogen and oxygen atoms in total. The lowest BCUT2D eigenvalue weighted by Crippen LogP contribution is -2.36. The summed E-state index contributed by atoms with van der Waals surface area (Å²) in [6, 6.07) is 0. The first kappa shape index (κ1) is 9.36. The van der Waals surface area contributed by atoms with Gasteiger partial charge in [0.05, 0.1) is 6.26 Å². The van der Waals surface area contributed by atoms with Gasteiger partial charge in [-0.05, 0) is 0 Å². The Balaban J connectivity index is 2.19. The van der Waals surface area contributed by atoms with E-state index in [0.29, 0.717) is 13.1 Å². The van der Waals surface area contributed by atoms with E-state index in [9.17, 15) is 12.8 Å². The number of nitrogens with one attached hydrogen (secondary N) is 1. The highest BCUT2D eigenvalue weighted by molar-refractivity contribution is 7.88. The van der Waals surface area contributed by atoms with Crippen molar-refractivity contribution in [2.45, 2.75) is 5.67 Å². The van der Waals surface area contributed by atoms with Gasteiger partial charge in [-0.15, -0.1) is 0 Å². The number of rotatable bonds is 1. The fourth-order valence-corrected chi connectivity index (χ4v) is 2.95. The lowest BCUT2D eigenvalue weighted by Gasteiger charge is -2.16. The van der Waals surface area contributed by atoms with Gasteiger partial charge in [0.1, 0.15) is 5.67 Å². The van der Waals surface area contributed by atoms with Gasteiger partial charge < -0.3 is 5.32 Å². The van der Waals surface area contributed by atoms with Crippen LogP contribution in [-0.4, -0.2) is 50.8 Å². The van der Waals surface area contributed by atoms with E-state index in [1.165, 1.54) is 4.31 Å². The molecule has 2 aliphatic rings. The Morgan fingerprint density at radius 3 is 2.85 bits per heavy atom. The lowest BCUT2D eigenvalue weighted by molar-refractivity contribution is 0.172.